The predicted octanol–water partition coefficient (Wildman–Crippen LogP) is 1.91. The van der Waals surface area contributed by atoms with Crippen LogP contribution in [-0.2, 0) is 6.42 Å². The molecule has 2 aromatic heterocycles. The Balaban J connectivity index is 1.91. The molecule has 2 aliphatic rings. The van der Waals surface area contributed by atoms with E-state index in [0.29, 0.717) is 12.1 Å². The summed E-state index contributed by atoms with van der Waals surface area (Å²) in [6.07, 6.45) is 6.54. The number of hydrogen-bond donors (Lipinski definition) is 2. The second kappa shape index (κ2) is 4.13. The summed E-state index contributed by atoms with van der Waals surface area (Å²) >= 11 is 0. The zero-order valence-corrected chi connectivity index (χ0v) is 11.0. The van der Waals surface area contributed by atoms with Crippen LogP contribution in [0.1, 0.15) is 42.4 Å². The highest BCUT2D eigenvalue weighted by molar-refractivity contribution is 5.60. The van der Waals surface area contributed by atoms with Crippen molar-refractivity contribution in [3.05, 3.63) is 29.3 Å². The molecule has 1 fully saturated rings. The minimum Gasteiger partial charge on any atom is -0.305 e. The van der Waals surface area contributed by atoms with Crippen LogP contribution in [0, 0.1) is 6.92 Å². The van der Waals surface area contributed by atoms with Crippen molar-refractivity contribution in [1.82, 2.24) is 25.5 Å². The van der Waals surface area contributed by atoms with E-state index in [1.54, 1.807) is 6.20 Å². The van der Waals surface area contributed by atoms with E-state index in [1.807, 2.05) is 13.0 Å². The molecule has 2 aromatic rings. The number of nitrogens with one attached hydrogen (secondary N) is 2. The minimum atomic E-state index is 0.408. The van der Waals surface area contributed by atoms with Crippen LogP contribution in [-0.4, -0.2) is 26.2 Å². The van der Waals surface area contributed by atoms with E-state index in [0.717, 1.165) is 23.6 Å². The van der Waals surface area contributed by atoms with Crippen molar-refractivity contribution in [1.29, 1.82) is 0 Å². The van der Waals surface area contributed by atoms with Crippen molar-refractivity contribution in [2.75, 3.05) is 0 Å². The van der Waals surface area contributed by atoms with E-state index < -0.39 is 0 Å². The van der Waals surface area contributed by atoms with Crippen molar-refractivity contribution in [2.24, 2.45) is 0 Å². The molecule has 4 heterocycles. The third-order valence-electron chi connectivity index (χ3n) is 4.17. The number of H-pyrrole nitrogens is 1. The third-order valence-corrected chi connectivity index (χ3v) is 4.17. The maximum atomic E-state index is 4.70. The molecule has 2 atom stereocenters. The number of piperidine rings is 1. The fourth-order valence-corrected chi connectivity index (χ4v) is 3.36. The SMILES string of the molecule is Cc1nc(-c2ccn[nH]2)c2c(n1)[C@@H]1CCC[C@H](C2)N1. The lowest BCUT2D eigenvalue weighted by Gasteiger charge is -2.37. The van der Waals surface area contributed by atoms with E-state index in [2.05, 4.69) is 20.5 Å². The summed E-state index contributed by atoms with van der Waals surface area (Å²) in [6.45, 7) is 1.97. The molecule has 0 amide bonds. The monoisotopic (exact) mass is 255 g/mol. The van der Waals surface area contributed by atoms with Gasteiger partial charge < -0.3 is 5.32 Å². The van der Waals surface area contributed by atoms with Crippen molar-refractivity contribution >= 4 is 0 Å². The first-order chi connectivity index (χ1) is 9.31. The van der Waals surface area contributed by atoms with Crippen LogP contribution in [0.5, 0.6) is 0 Å². The van der Waals surface area contributed by atoms with Gasteiger partial charge in [-0.2, -0.15) is 5.10 Å². The van der Waals surface area contributed by atoms with Gasteiger partial charge in [0.1, 0.15) is 5.82 Å². The molecule has 0 aliphatic carbocycles. The summed E-state index contributed by atoms with van der Waals surface area (Å²) in [5, 5.41) is 10.8. The highest BCUT2D eigenvalue weighted by Crippen LogP contribution is 2.36. The Kier molecular flexibility index (Phi) is 2.41. The van der Waals surface area contributed by atoms with E-state index in [4.69, 9.17) is 4.98 Å². The second-order valence-corrected chi connectivity index (χ2v) is 5.50. The molecule has 5 heteroatoms. The van der Waals surface area contributed by atoms with Gasteiger partial charge in [-0.15, -0.1) is 0 Å². The van der Waals surface area contributed by atoms with Gasteiger partial charge in [0.25, 0.3) is 0 Å². The van der Waals surface area contributed by atoms with Crippen LogP contribution in [0.15, 0.2) is 12.3 Å². The first kappa shape index (κ1) is 11.1. The second-order valence-electron chi connectivity index (χ2n) is 5.50. The van der Waals surface area contributed by atoms with Crippen molar-refractivity contribution < 1.29 is 0 Å². The summed E-state index contributed by atoms with van der Waals surface area (Å²) in [6, 6.07) is 2.98. The van der Waals surface area contributed by atoms with Crippen LogP contribution in [0.4, 0.5) is 0 Å². The maximum Gasteiger partial charge on any atom is 0.126 e. The third kappa shape index (κ3) is 1.76. The fraction of sp³-hybridized carbons (Fsp3) is 0.500. The average molecular weight is 255 g/mol. The zero-order valence-electron chi connectivity index (χ0n) is 11.0. The molecule has 0 unspecified atom stereocenters. The maximum absolute atomic E-state index is 4.70. The molecule has 5 nitrogen and oxygen atoms in total. The van der Waals surface area contributed by atoms with E-state index in [-0.39, 0.29) is 0 Å². The van der Waals surface area contributed by atoms with Crippen LogP contribution in [0.2, 0.25) is 0 Å². The lowest BCUT2D eigenvalue weighted by Crippen LogP contribution is -2.43. The van der Waals surface area contributed by atoms with Crippen LogP contribution < -0.4 is 5.32 Å². The Labute approximate surface area is 111 Å². The van der Waals surface area contributed by atoms with E-state index in [1.165, 1.54) is 30.5 Å². The molecular weight excluding hydrogens is 238 g/mol. The number of rotatable bonds is 1. The number of aromatic amines is 1. The highest BCUT2D eigenvalue weighted by atomic mass is 15.1. The van der Waals surface area contributed by atoms with Crippen LogP contribution >= 0.6 is 0 Å². The van der Waals surface area contributed by atoms with Crippen LogP contribution in [0.3, 0.4) is 0 Å². The van der Waals surface area contributed by atoms with E-state index in [9.17, 15) is 0 Å². The lowest BCUT2D eigenvalue weighted by atomic mass is 9.83. The summed E-state index contributed by atoms with van der Waals surface area (Å²) < 4.78 is 0. The quantitative estimate of drug-likeness (QED) is 0.817. The number of fused-ring (bicyclic) bond motifs is 4. The van der Waals surface area contributed by atoms with Gasteiger partial charge in [-0.1, -0.05) is 0 Å². The molecule has 0 radical (unpaired) electrons. The molecule has 98 valence electrons. The first-order valence-electron chi connectivity index (χ1n) is 6.94. The Morgan fingerprint density at radius 2 is 2.21 bits per heavy atom. The number of aromatic nitrogens is 4. The fourth-order valence-electron chi connectivity index (χ4n) is 3.36. The van der Waals surface area contributed by atoms with Crippen LogP contribution in [0.25, 0.3) is 11.4 Å². The molecular formula is C14H17N5. The normalized spacial score (nSPS) is 25.1. The number of aryl methyl sites for hydroxylation is 1. The van der Waals surface area contributed by atoms with Gasteiger partial charge in [0.05, 0.1) is 23.1 Å². The molecule has 0 saturated carbocycles. The van der Waals surface area contributed by atoms with Crippen molar-refractivity contribution in [3.63, 3.8) is 0 Å². The topological polar surface area (TPSA) is 66.5 Å². The van der Waals surface area contributed by atoms with Gasteiger partial charge in [0.15, 0.2) is 0 Å². The van der Waals surface area contributed by atoms with Gasteiger partial charge in [0.2, 0.25) is 0 Å². The summed E-state index contributed by atoms with van der Waals surface area (Å²) in [4.78, 5) is 9.34. The summed E-state index contributed by atoms with van der Waals surface area (Å²) in [5.41, 5.74) is 4.55. The van der Waals surface area contributed by atoms with Crippen molar-refractivity contribution in [2.45, 2.75) is 44.7 Å². The zero-order chi connectivity index (χ0) is 12.8. The number of hydrogen-bond acceptors (Lipinski definition) is 4. The molecule has 2 bridgehead atoms. The first-order valence-corrected chi connectivity index (χ1v) is 6.94. The van der Waals surface area contributed by atoms with Gasteiger partial charge >= 0.3 is 0 Å². The predicted molar refractivity (Wildman–Crippen MR) is 71.6 cm³/mol. The molecule has 0 spiro atoms. The molecule has 4 rings (SSSR count). The molecule has 1 saturated heterocycles. The Morgan fingerprint density at radius 3 is 3.05 bits per heavy atom. The smallest absolute Gasteiger partial charge is 0.126 e. The largest absolute Gasteiger partial charge is 0.305 e. The van der Waals surface area contributed by atoms with Gasteiger partial charge in [0, 0.05) is 17.8 Å². The van der Waals surface area contributed by atoms with Gasteiger partial charge in [-0.3, -0.25) is 5.10 Å². The number of nitrogens with zero attached hydrogens (tertiary/aromatic N) is 3. The van der Waals surface area contributed by atoms with Crippen molar-refractivity contribution in [3.8, 4) is 11.4 Å². The van der Waals surface area contributed by atoms with E-state index >= 15 is 0 Å². The molecule has 2 aliphatic heterocycles. The summed E-state index contributed by atoms with van der Waals surface area (Å²) in [7, 11) is 0. The Hall–Kier alpha value is -1.75. The minimum absolute atomic E-state index is 0.408. The average Bonchev–Trinajstić information content (AvgIpc) is 2.93. The summed E-state index contributed by atoms with van der Waals surface area (Å²) in [5.74, 6) is 0.842. The van der Waals surface area contributed by atoms with Gasteiger partial charge in [-0.05, 0) is 38.7 Å². The van der Waals surface area contributed by atoms with Gasteiger partial charge in [-0.25, -0.2) is 9.97 Å². The standard InChI is InChI=1S/C14H17N5/c1-8-16-13-10(7-9-3-2-4-11(13)18-9)14(17-8)12-5-6-15-19-12/h5-6,9,11,18H,2-4,7H2,1H3,(H,15,19)/t9-,11+/m1/s1. The Morgan fingerprint density at radius 1 is 1.26 bits per heavy atom. The molecule has 0 aromatic carbocycles. The lowest BCUT2D eigenvalue weighted by molar-refractivity contribution is 0.295. The highest BCUT2D eigenvalue weighted by Gasteiger charge is 2.33. The molecule has 2 N–H and O–H groups in total. The Bertz CT molecular complexity index is 605. The molecule has 19 heavy (non-hydrogen) atoms.